The minimum absolute atomic E-state index is 0.0795. The van der Waals surface area contributed by atoms with Gasteiger partial charge in [-0.05, 0) is 12.8 Å². The number of aromatic nitrogens is 1. The highest BCUT2D eigenvalue weighted by molar-refractivity contribution is 7.13. The van der Waals surface area contributed by atoms with Gasteiger partial charge in [0.2, 0.25) is 0 Å². The third-order valence-corrected chi connectivity index (χ3v) is 4.75. The third-order valence-electron chi connectivity index (χ3n) is 3.85. The van der Waals surface area contributed by atoms with Crippen LogP contribution in [-0.4, -0.2) is 29.0 Å². The van der Waals surface area contributed by atoms with Gasteiger partial charge in [-0.25, -0.2) is 9.78 Å². The molecule has 0 unspecified atom stereocenters. The normalized spacial score (nSPS) is 12.9. The van der Waals surface area contributed by atoms with Gasteiger partial charge in [-0.2, -0.15) is 5.26 Å². The van der Waals surface area contributed by atoms with Crippen molar-refractivity contribution >= 4 is 23.2 Å². The minimum Gasteiger partial charge on any atom is -0.451 e. The predicted molar refractivity (Wildman–Crippen MR) is 94.8 cm³/mol. The SMILES string of the molecule is CC(C)[C@](C)(C#N)NC(=O)COC(=O)c1csc(-c2ccccc2)n1. The van der Waals surface area contributed by atoms with Gasteiger partial charge in [0.05, 0.1) is 6.07 Å². The van der Waals surface area contributed by atoms with E-state index in [0.29, 0.717) is 5.01 Å². The molecule has 0 aliphatic rings. The molecule has 1 amide bonds. The number of esters is 1. The standard InChI is InChI=1S/C18H19N3O3S/c1-12(2)18(3,11-19)21-15(22)9-24-17(23)14-10-25-16(20-14)13-7-5-4-6-8-13/h4-8,10,12H,9H2,1-3H3,(H,21,22)/t18-/m0/s1. The lowest BCUT2D eigenvalue weighted by Crippen LogP contribution is -2.50. The summed E-state index contributed by atoms with van der Waals surface area (Å²) < 4.78 is 4.99. The Balaban J connectivity index is 1.94. The zero-order valence-electron chi connectivity index (χ0n) is 14.3. The highest BCUT2D eigenvalue weighted by atomic mass is 32.1. The Morgan fingerprint density at radius 2 is 2.04 bits per heavy atom. The van der Waals surface area contributed by atoms with Gasteiger partial charge in [0.1, 0.15) is 10.5 Å². The van der Waals surface area contributed by atoms with Gasteiger partial charge in [0, 0.05) is 10.9 Å². The van der Waals surface area contributed by atoms with Crippen LogP contribution in [0.25, 0.3) is 10.6 Å². The van der Waals surface area contributed by atoms with Gasteiger partial charge in [0.25, 0.3) is 5.91 Å². The molecular formula is C18H19N3O3S. The highest BCUT2D eigenvalue weighted by Crippen LogP contribution is 2.23. The Hall–Kier alpha value is -2.72. The Morgan fingerprint density at radius 3 is 2.64 bits per heavy atom. The molecule has 1 aromatic carbocycles. The predicted octanol–water partition coefficient (Wildman–Crippen LogP) is 3.02. The Kier molecular flexibility index (Phi) is 5.88. The maximum atomic E-state index is 12.0. The molecule has 1 heterocycles. The van der Waals surface area contributed by atoms with E-state index in [9.17, 15) is 14.9 Å². The number of thiazole rings is 1. The van der Waals surface area contributed by atoms with Crippen LogP contribution in [0.15, 0.2) is 35.7 Å². The second-order valence-electron chi connectivity index (χ2n) is 6.00. The van der Waals surface area contributed by atoms with Crippen molar-refractivity contribution in [3.63, 3.8) is 0 Å². The largest absolute Gasteiger partial charge is 0.451 e. The smallest absolute Gasteiger partial charge is 0.358 e. The number of ether oxygens (including phenoxy) is 1. The van der Waals surface area contributed by atoms with Gasteiger partial charge in [0.15, 0.2) is 12.3 Å². The average molecular weight is 357 g/mol. The first-order valence-electron chi connectivity index (χ1n) is 7.76. The van der Waals surface area contributed by atoms with Crippen molar-refractivity contribution in [3.05, 3.63) is 41.4 Å². The van der Waals surface area contributed by atoms with Crippen LogP contribution in [0.5, 0.6) is 0 Å². The number of carbonyl (C=O) groups excluding carboxylic acids is 2. The molecule has 1 N–H and O–H groups in total. The zero-order valence-corrected chi connectivity index (χ0v) is 15.1. The van der Waals surface area contributed by atoms with Crippen molar-refractivity contribution in [2.75, 3.05) is 6.61 Å². The topological polar surface area (TPSA) is 92.1 Å². The molecule has 2 aromatic rings. The molecule has 6 nitrogen and oxygen atoms in total. The maximum absolute atomic E-state index is 12.0. The summed E-state index contributed by atoms with van der Waals surface area (Å²) in [5.41, 5.74) is 0.0551. The van der Waals surface area contributed by atoms with Crippen LogP contribution >= 0.6 is 11.3 Å². The summed E-state index contributed by atoms with van der Waals surface area (Å²) >= 11 is 1.33. The molecule has 0 aliphatic heterocycles. The summed E-state index contributed by atoms with van der Waals surface area (Å²) in [7, 11) is 0. The molecule has 130 valence electrons. The quantitative estimate of drug-likeness (QED) is 0.802. The van der Waals surface area contributed by atoms with Crippen LogP contribution in [0.3, 0.4) is 0 Å². The average Bonchev–Trinajstić information content (AvgIpc) is 3.10. The highest BCUT2D eigenvalue weighted by Gasteiger charge is 2.30. The third kappa shape index (κ3) is 4.64. The van der Waals surface area contributed by atoms with Crippen molar-refractivity contribution in [2.45, 2.75) is 26.3 Å². The van der Waals surface area contributed by atoms with Crippen LogP contribution in [0.2, 0.25) is 0 Å². The van der Waals surface area contributed by atoms with Crippen LogP contribution in [0.1, 0.15) is 31.3 Å². The molecule has 0 fully saturated rings. The molecule has 0 saturated carbocycles. The zero-order chi connectivity index (χ0) is 18.4. The molecule has 0 radical (unpaired) electrons. The lowest BCUT2D eigenvalue weighted by molar-refractivity contribution is -0.125. The fourth-order valence-electron chi connectivity index (χ4n) is 1.91. The van der Waals surface area contributed by atoms with Crippen molar-refractivity contribution in [1.82, 2.24) is 10.3 Å². The van der Waals surface area contributed by atoms with E-state index in [-0.39, 0.29) is 11.6 Å². The summed E-state index contributed by atoms with van der Waals surface area (Å²) in [6, 6.07) is 11.5. The van der Waals surface area contributed by atoms with Gasteiger partial charge >= 0.3 is 5.97 Å². The molecule has 25 heavy (non-hydrogen) atoms. The van der Waals surface area contributed by atoms with Gasteiger partial charge < -0.3 is 10.1 Å². The van der Waals surface area contributed by atoms with E-state index in [4.69, 9.17) is 4.74 Å². The van der Waals surface area contributed by atoms with E-state index >= 15 is 0 Å². The fraction of sp³-hybridized carbons (Fsp3) is 0.333. The Bertz CT molecular complexity index is 795. The fourth-order valence-corrected chi connectivity index (χ4v) is 2.71. The lowest BCUT2D eigenvalue weighted by atomic mass is 9.90. The molecule has 0 bridgehead atoms. The molecule has 2 rings (SSSR count). The molecule has 1 atom stereocenters. The maximum Gasteiger partial charge on any atom is 0.358 e. The minimum atomic E-state index is -1.01. The van der Waals surface area contributed by atoms with E-state index in [1.807, 2.05) is 44.2 Å². The van der Waals surface area contributed by atoms with Gasteiger partial charge in [-0.15, -0.1) is 11.3 Å². The van der Waals surface area contributed by atoms with Gasteiger partial charge in [-0.3, -0.25) is 4.79 Å². The van der Waals surface area contributed by atoms with E-state index < -0.39 is 24.0 Å². The number of rotatable bonds is 6. The van der Waals surface area contributed by atoms with Crippen molar-refractivity contribution in [1.29, 1.82) is 5.26 Å². The van der Waals surface area contributed by atoms with Crippen LogP contribution < -0.4 is 5.32 Å². The van der Waals surface area contributed by atoms with Crippen LogP contribution in [0.4, 0.5) is 0 Å². The number of benzene rings is 1. The van der Waals surface area contributed by atoms with E-state index in [1.165, 1.54) is 11.3 Å². The summed E-state index contributed by atoms with van der Waals surface area (Å²) in [5.74, 6) is -1.27. The second-order valence-corrected chi connectivity index (χ2v) is 6.86. The van der Waals surface area contributed by atoms with Crippen LogP contribution in [0, 0.1) is 17.2 Å². The number of carbonyl (C=O) groups is 2. The first kappa shape index (κ1) is 18.6. The number of hydrogen-bond donors (Lipinski definition) is 1. The lowest BCUT2D eigenvalue weighted by Gasteiger charge is -2.27. The Morgan fingerprint density at radius 1 is 1.36 bits per heavy atom. The van der Waals surface area contributed by atoms with Crippen LogP contribution in [-0.2, 0) is 9.53 Å². The second kappa shape index (κ2) is 7.90. The van der Waals surface area contributed by atoms with Crippen molar-refractivity contribution in [2.24, 2.45) is 5.92 Å². The number of nitriles is 1. The number of amides is 1. The molecule has 0 spiro atoms. The van der Waals surface area contributed by atoms with Crippen molar-refractivity contribution < 1.29 is 14.3 Å². The molecule has 7 heteroatoms. The molecule has 0 aliphatic carbocycles. The number of nitrogens with zero attached hydrogens (tertiary/aromatic N) is 2. The molecular weight excluding hydrogens is 338 g/mol. The summed E-state index contributed by atoms with van der Waals surface area (Å²) in [4.78, 5) is 28.2. The van der Waals surface area contributed by atoms with E-state index in [0.717, 1.165) is 5.56 Å². The molecule has 0 saturated heterocycles. The van der Waals surface area contributed by atoms with Gasteiger partial charge in [-0.1, -0.05) is 44.2 Å². The first-order chi connectivity index (χ1) is 11.9. The molecule has 1 aromatic heterocycles. The monoisotopic (exact) mass is 357 g/mol. The Labute approximate surface area is 150 Å². The summed E-state index contributed by atoms with van der Waals surface area (Å²) in [5, 5.41) is 14.1. The summed E-state index contributed by atoms with van der Waals surface area (Å²) in [6.07, 6.45) is 0. The van der Waals surface area contributed by atoms with Crippen molar-refractivity contribution in [3.8, 4) is 16.6 Å². The van der Waals surface area contributed by atoms with E-state index in [2.05, 4.69) is 16.4 Å². The first-order valence-corrected chi connectivity index (χ1v) is 8.64. The number of nitrogens with one attached hydrogen (secondary N) is 1. The summed E-state index contributed by atoms with van der Waals surface area (Å²) in [6.45, 7) is 4.83. The number of hydrogen-bond acceptors (Lipinski definition) is 6. The van der Waals surface area contributed by atoms with E-state index in [1.54, 1.807) is 12.3 Å².